The van der Waals surface area contributed by atoms with Gasteiger partial charge in [0.15, 0.2) is 5.83 Å². The minimum atomic E-state index is -0.954. The molecule has 0 aromatic heterocycles. The van der Waals surface area contributed by atoms with Gasteiger partial charge in [-0.25, -0.2) is 4.39 Å². The smallest absolute Gasteiger partial charge is 0.280 e. The van der Waals surface area contributed by atoms with Crippen LogP contribution in [0.1, 0.15) is 24.8 Å². The van der Waals surface area contributed by atoms with Gasteiger partial charge >= 0.3 is 0 Å². The van der Waals surface area contributed by atoms with Gasteiger partial charge < -0.3 is 10.1 Å². The zero-order valence-corrected chi connectivity index (χ0v) is 10.3. The van der Waals surface area contributed by atoms with E-state index in [-0.39, 0.29) is 0 Å². The molecule has 0 aliphatic heterocycles. The van der Waals surface area contributed by atoms with Crippen LogP contribution in [0.5, 0.6) is 5.75 Å². The molecule has 1 aromatic rings. The molecule has 1 fully saturated rings. The summed E-state index contributed by atoms with van der Waals surface area (Å²) < 4.78 is 18.0. The number of halogens is 1. The number of hydrogen-bond acceptors (Lipinski definition) is 2. The molecule has 1 saturated carbocycles. The Balaban J connectivity index is 2.26. The molecule has 96 valence electrons. The normalized spacial score (nSPS) is 16.6. The van der Waals surface area contributed by atoms with Crippen LogP contribution in [0.2, 0.25) is 0 Å². The summed E-state index contributed by atoms with van der Waals surface area (Å²) in [6.07, 6.45) is 2.62. The first-order valence-electron chi connectivity index (χ1n) is 5.89. The number of methoxy groups -OCH3 is 1. The number of benzene rings is 1. The number of carbonyl (C=O) groups is 1. The van der Waals surface area contributed by atoms with Crippen LogP contribution in [0.3, 0.4) is 0 Å². The first-order chi connectivity index (χ1) is 8.57. The van der Waals surface area contributed by atoms with Gasteiger partial charge in [0.25, 0.3) is 5.91 Å². The number of nitrogens with one attached hydrogen (secondary N) is 1. The van der Waals surface area contributed by atoms with Crippen LogP contribution >= 0.6 is 0 Å². The van der Waals surface area contributed by atoms with Crippen molar-refractivity contribution >= 4 is 5.91 Å². The van der Waals surface area contributed by atoms with Crippen LogP contribution in [-0.4, -0.2) is 13.0 Å². The number of hydrogen-bond donors (Lipinski definition) is 1. The Morgan fingerprint density at radius 1 is 1.50 bits per heavy atom. The van der Waals surface area contributed by atoms with E-state index in [1.807, 2.05) is 24.3 Å². The highest BCUT2D eigenvalue weighted by Crippen LogP contribution is 2.42. The second-order valence-electron chi connectivity index (χ2n) is 4.53. The van der Waals surface area contributed by atoms with E-state index >= 15 is 0 Å². The molecular formula is C14H16FNO2. The Morgan fingerprint density at radius 3 is 2.72 bits per heavy atom. The lowest BCUT2D eigenvalue weighted by Gasteiger charge is -2.43. The summed E-state index contributed by atoms with van der Waals surface area (Å²) in [7, 11) is 1.59. The van der Waals surface area contributed by atoms with E-state index in [4.69, 9.17) is 4.74 Å². The Morgan fingerprint density at radius 2 is 2.22 bits per heavy atom. The van der Waals surface area contributed by atoms with Gasteiger partial charge in [0, 0.05) is 0 Å². The minimum absolute atomic E-state index is 0.472. The Hall–Kier alpha value is -1.84. The van der Waals surface area contributed by atoms with Crippen molar-refractivity contribution in [2.75, 3.05) is 7.11 Å². The Labute approximate surface area is 106 Å². The molecule has 0 bridgehead atoms. The van der Waals surface area contributed by atoms with Gasteiger partial charge in [0.05, 0.1) is 12.6 Å². The van der Waals surface area contributed by atoms with E-state index in [9.17, 15) is 9.18 Å². The first kappa shape index (κ1) is 12.6. The Bertz CT molecular complexity index is 480. The van der Waals surface area contributed by atoms with Gasteiger partial charge in [0.2, 0.25) is 0 Å². The summed E-state index contributed by atoms with van der Waals surface area (Å²) in [6.45, 7) is 3.02. The van der Waals surface area contributed by atoms with Crippen molar-refractivity contribution in [3.63, 3.8) is 0 Å². The van der Waals surface area contributed by atoms with Gasteiger partial charge in [-0.2, -0.15) is 0 Å². The second-order valence-corrected chi connectivity index (χ2v) is 4.53. The van der Waals surface area contributed by atoms with Gasteiger partial charge in [-0.05, 0) is 37.0 Å². The molecule has 1 aliphatic rings. The predicted molar refractivity (Wildman–Crippen MR) is 66.9 cm³/mol. The largest absolute Gasteiger partial charge is 0.497 e. The fraction of sp³-hybridized carbons (Fsp3) is 0.357. The van der Waals surface area contributed by atoms with Crippen molar-refractivity contribution < 1.29 is 13.9 Å². The van der Waals surface area contributed by atoms with Crippen molar-refractivity contribution in [2.24, 2.45) is 0 Å². The van der Waals surface area contributed by atoms with E-state index in [2.05, 4.69) is 11.9 Å². The number of amides is 1. The molecule has 3 nitrogen and oxygen atoms in total. The summed E-state index contributed by atoms with van der Waals surface area (Å²) >= 11 is 0. The first-order valence-corrected chi connectivity index (χ1v) is 5.89. The third kappa shape index (κ3) is 2.23. The summed E-state index contributed by atoms with van der Waals surface area (Å²) in [5, 5.41) is 2.73. The zero-order chi connectivity index (χ0) is 13.2. The lowest BCUT2D eigenvalue weighted by Crippen LogP contribution is -2.50. The van der Waals surface area contributed by atoms with Gasteiger partial charge in [-0.15, -0.1) is 0 Å². The van der Waals surface area contributed by atoms with E-state index in [1.165, 1.54) is 0 Å². The van der Waals surface area contributed by atoms with Gasteiger partial charge in [-0.1, -0.05) is 18.7 Å². The topological polar surface area (TPSA) is 38.3 Å². The van der Waals surface area contributed by atoms with Crippen molar-refractivity contribution in [3.8, 4) is 5.75 Å². The SMILES string of the molecule is C=C(F)C(=O)NC1(c2cccc(OC)c2)CCC1. The van der Waals surface area contributed by atoms with Gasteiger partial charge in [0.1, 0.15) is 5.75 Å². The average molecular weight is 249 g/mol. The van der Waals surface area contributed by atoms with E-state index in [0.29, 0.717) is 0 Å². The molecule has 1 aliphatic carbocycles. The van der Waals surface area contributed by atoms with Crippen molar-refractivity contribution in [1.82, 2.24) is 5.32 Å². The third-order valence-electron chi connectivity index (χ3n) is 3.43. The highest BCUT2D eigenvalue weighted by molar-refractivity contribution is 5.91. The fourth-order valence-corrected chi connectivity index (χ4v) is 2.22. The lowest BCUT2D eigenvalue weighted by atomic mass is 9.71. The molecule has 0 unspecified atom stereocenters. The van der Waals surface area contributed by atoms with Crippen molar-refractivity contribution in [1.29, 1.82) is 0 Å². The number of rotatable bonds is 4. The second kappa shape index (κ2) is 4.80. The average Bonchev–Trinajstić information content (AvgIpc) is 2.33. The van der Waals surface area contributed by atoms with Crippen LogP contribution in [0, 0.1) is 0 Å². The molecule has 1 N–H and O–H groups in total. The van der Waals surface area contributed by atoms with Crippen LogP contribution < -0.4 is 10.1 Å². The molecule has 4 heteroatoms. The standard InChI is InChI=1S/C14H16FNO2/c1-10(15)13(17)16-14(7-4-8-14)11-5-3-6-12(9-11)18-2/h3,5-6,9H,1,4,7-8H2,2H3,(H,16,17). The van der Waals surface area contributed by atoms with E-state index in [0.717, 1.165) is 30.6 Å². The maximum absolute atomic E-state index is 12.8. The molecule has 2 rings (SSSR count). The maximum atomic E-state index is 12.8. The minimum Gasteiger partial charge on any atom is -0.497 e. The highest BCUT2D eigenvalue weighted by Gasteiger charge is 2.40. The summed E-state index contributed by atoms with van der Waals surface area (Å²) in [5.41, 5.74) is 0.475. The zero-order valence-electron chi connectivity index (χ0n) is 10.3. The summed E-state index contributed by atoms with van der Waals surface area (Å²) in [6, 6.07) is 7.50. The van der Waals surface area contributed by atoms with Crippen LogP contribution in [-0.2, 0) is 10.3 Å². The van der Waals surface area contributed by atoms with Crippen LogP contribution in [0.25, 0.3) is 0 Å². The number of carbonyl (C=O) groups excluding carboxylic acids is 1. The molecule has 1 aromatic carbocycles. The van der Waals surface area contributed by atoms with Crippen molar-refractivity contribution in [3.05, 3.63) is 42.2 Å². The molecule has 0 saturated heterocycles. The van der Waals surface area contributed by atoms with E-state index in [1.54, 1.807) is 7.11 Å². The van der Waals surface area contributed by atoms with Crippen LogP contribution in [0.4, 0.5) is 4.39 Å². The molecule has 18 heavy (non-hydrogen) atoms. The molecule has 0 atom stereocenters. The quantitative estimate of drug-likeness (QED) is 0.833. The Kier molecular flexibility index (Phi) is 3.36. The molecule has 0 heterocycles. The van der Waals surface area contributed by atoms with E-state index < -0.39 is 17.3 Å². The monoisotopic (exact) mass is 249 g/mol. The lowest BCUT2D eigenvalue weighted by molar-refractivity contribution is -0.122. The van der Waals surface area contributed by atoms with Crippen molar-refractivity contribution in [2.45, 2.75) is 24.8 Å². The highest BCUT2D eigenvalue weighted by atomic mass is 19.1. The number of ether oxygens (including phenoxy) is 1. The van der Waals surface area contributed by atoms with Gasteiger partial charge in [-0.3, -0.25) is 4.79 Å². The summed E-state index contributed by atoms with van der Waals surface area (Å²) in [4.78, 5) is 11.5. The third-order valence-corrected chi connectivity index (χ3v) is 3.43. The van der Waals surface area contributed by atoms with Crippen LogP contribution in [0.15, 0.2) is 36.7 Å². The predicted octanol–water partition coefficient (Wildman–Crippen LogP) is 2.67. The molecule has 1 amide bonds. The fourth-order valence-electron chi connectivity index (χ4n) is 2.22. The maximum Gasteiger partial charge on any atom is 0.280 e. The molecule has 0 radical (unpaired) electrons. The molecule has 0 spiro atoms. The summed E-state index contributed by atoms with van der Waals surface area (Å²) in [5.74, 6) is -0.964. The molecular weight excluding hydrogens is 233 g/mol.